The zero-order valence-electron chi connectivity index (χ0n) is 15.9. The van der Waals surface area contributed by atoms with Crippen LogP contribution in [-0.4, -0.2) is 21.5 Å². The van der Waals surface area contributed by atoms with Crippen LogP contribution >= 0.6 is 23.5 Å². The third-order valence-corrected chi connectivity index (χ3v) is 7.24. The van der Waals surface area contributed by atoms with Gasteiger partial charge in [0.05, 0.1) is 10.1 Å². The number of ether oxygens (including phenoxy) is 1. The number of rotatable bonds is 10. The van der Waals surface area contributed by atoms with Crippen molar-refractivity contribution in [2.24, 2.45) is 0 Å². The minimum atomic E-state index is 0.378. The molecule has 0 bridgehead atoms. The molecule has 0 saturated carbocycles. The van der Waals surface area contributed by atoms with Gasteiger partial charge < -0.3 is 4.74 Å². The molecule has 3 nitrogen and oxygen atoms in total. The maximum atomic E-state index is 6.00. The van der Waals surface area contributed by atoms with E-state index in [2.05, 4.69) is 42.0 Å². The first-order valence-corrected chi connectivity index (χ1v) is 11.6. The summed E-state index contributed by atoms with van der Waals surface area (Å²) in [6.07, 6.45) is 4.25. The number of benzene rings is 2. The van der Waals surface area contributed by atoms with E-state index in [-0.39, 0.29) is 0 Å². The Kier molecular flexibility index (Phi) is 7.84. The van der Waals surface area contributed by atoms with Crippen LogP contribution in [0.2, 0.25) is 0 Å². The summed E-state index contributed by atoms with van der Waals surface area (Å²) in [5.41, 5.74) is 2.27. The van der Waals surface area contributed by atoms with Gasteiger partial charge in [-0.3, -0.25) is 0 Å². The molecule has 0 unspecified atom stereocenters. The highest BCUT2D eigenvalue weighted by Crippen LogP contribution is 2.41. The van der Waals surface area contributed by atoms with Crippen molar-refractivity contribution in [1.29, 1.82) is 0 Å². The van der Waals surface area contributed by atoms with Gasteiger partial charge in [0, 0.05) is 11.6 Å². The molecule has 0 fully saturated rings. The Hall–Kier alpha value is -1.72. The summed E-state index contributed by atoms with van der Waals surface area (Å²) < 4.78 is 6.46. The molecule has 27 heavy (non-hydrogen) atoms. The zero-order valence-corrected chi connectivity index (χ0v) is 17.6. The lowest BCUT2D eigenvalue weighted by molar-refractivity contribution is 0.296. The molecule has 0 aliphatic carbocycles. The van der Waals surface area contributed by atoms with Crippen LogP contribution in [0.15, 0.2) is 54.7 Å². The molecule has 5 heteroatoms. The van der Waals surface area contributed by atoms with Crippen LogP contribution in [-0.2, 0) is 6.61 Å². The molecular formula is C22H26N2OS2. The molecule has 1 aromatic heterocycles. The molecule has 0 radical (unpaired) electrons. The van der Waals surface area contributed by atoms with Crippen LogP contribution in [0.3, 0.4) is 0 Å². The monoisotopic (exact) mass is 398 g/mol. The van der Waals surface area contributed by atoms with Crippen molar-refractivity contribution in [1.82, 2.24) is 9.97 Å². The second kappa shape index (κ2) is 10.6. The average molecular weight is 399 g/mol. The van der Waals surface area contributed by atoms with Gasteiger partial charge >= 0.3 is 0 Å². The SMILES string of the molecule is CCCSC(SCCC)c1cccc(OCc2ncc3ccccc3n2)c1. The van der Waals surface area contributed by atoms with Crippen molar-refractivity contribution in [3.63, 3.8) is 0 Å². The first-order chi connectivity index (χ1) is 13.3. The number of hydrogen-bond acceptors (Lipinski definition) is 5. The third-order valence-electron chi connectivity index (χ3n) is 3.98. The normalized spacial score (nSPS) is 11.2. The predicted molar refractivity (Wildman–Crippen MR) is 119 cm³/mol. The lowest BCUT2D eigenvalue weighted by Gasteiger charge is -2.17. The summed E-state index contributed by atoms with van der Waals surface area (Å²) in [4.78, 5) is 9.00. The van der Waals surface area contributed by atoms with Crippen molar-refractivity contribution < 1.29 is 4.74 Å². The second-order valence-electron chi connectivity index (χ2n) is 6.28. The van der Waals surface area contributed by atoms with Crippen LogP contribution in [0.5, 0.6) is 5.75 Å². The van der Waals surface area contributed by atoms with Gasteiger partial charge in [0.15, 0.2) is 5.82 Å². The van der Waals surface area contributed by atoms with Crippen molar-refractivity contribution in [3.05, 3.63) is 66.1 Å². The molecule has 1 heterocycles. The topological polar surface area (TPSA) is 35.0 Å². The predicted octanol–water partition coefficient (Wildman–Crippen LogP) is 6.49. The first-order valence-electron chi connectivity index (χ1n) is 9.46. The standard InChI is InChI=1S/C22H26N2OS2/c1-3-12-26-22(27-13-4-2)17-9-7-10-19(14-17)25-16-21-23-15-18-8-5-6-11-20(18)24-21/h5-11,14-15,22H,3-4,12-13,16H2,1-2H3. The van der Waals surface area contributed by atoms with Crippen molar-refractivity contribution in [3.8, 4) is 5.75 Å². The maximum absolute atomic E-state index is 6.00. The third kappa shape index (κ3) is 5.88. The summed E-state index contributed by atoms with van der Waals surface area (Å²) in [7, 11) is 0. The van der Waals surface area contributed by atoms with Gasteiger partial charge in [-0.2, -0.15) is 0 Å². The minimum absolute atomic E-state index is 0.378. The van der Waals surface area contributed by atoms with Crippen molar-refractivity contribution in [2.45, 2.75) is 37.9 Å². The highest BCUT2D eigenvalue weighted by Gasteiger charge is 2.13. The van der Waals surface area contributed by atoms with Gasteiger partial charge in [0.2, 0.25) is 0 Å². The Labute approximate surface area is 170 Å². The van der Waals surface area contributed by atoms with E-state index in [1.54, 1.807) is 0 Å². The second-order valence-corrected chi connectivity index (χ2v) is 9.00. The van der Waals surface area contributed by atoms with Gasteiger partial charge in [-0.25, -0.2) is 9.97 Å². The van der Waals surface area contributed by atoms with E-state index in [0.717, 1.165) is 16.7 Å². The summed E-state index contributed by atoms with van der Waals surface area (Å²) in [6.45, 7) is 4.85. The van der Waals surface area contributed by atoms with Crippen LogP contribution in [0.25, 0.3) is 10.9 Å². The fourth-order valence-electron chi connectivity index (χ4n) is 2.67. The molecule has 0 aliphatic rings. The van der Waals surface area contributed by atoms with E-state index in [9.17, 15) is 0 Å². The van der Waals surface area contributed by atoms with E-state index in [1.807, 2.05) is 60.1 Å². The Morgan fingerprint density at radius 3 is 2.52 bits per heavy atom. The lowest BCUT2D eigenvalue weighted by Crippen LogP contribution is -2.02. The Balaban J connectivity index is 1.68. The number of fused-ring (bicyclic) bond motifs is 1. The van der Waals surface area contributed by atoms with Crippen LogP contribution in [0.4, 0.5) is 0 Å². The Bertz CT molecular complexity index is 848. The number of hydrogen-bond donors (Lipinski definition) is 0. The van der Waals surface area contributed by atoms with Gasteiger partial charge in [-0.15, -0.1) is 23.5 Å². The molecular weight excluding hydrogens is 372 g/mol. The van der Waals surface area contributed by atoms with Crippen LogP contribution in [0.1, 0.15) is 42.7 Å². The van der Waals surface area contributed by atoms with E-state index in [1.165, 1.54) is 29.9 Å². The first kappa shape index (κ1) is 20.0. The van der Waals surface area contributed by atoms with Crippen LogP contribution < -0.4 is 4.74 Å². The molecule has 3 rings (SSSR count). The molecule has 142 valence electrons. The van der Waals surface area contributed by atoms with Crippen molar-refractivity contribution in [2.75, 3.05) is 11.5 Å². The maximum Gasteiger partial charge on any atom is 0.166 e. The molecule has 0 atom stereocenters. The number of para-hydroxylation sites is 1. The smallest absolute Gasteiger partial charge is 0.166 e. The summed E-state index contributed by atoms with van der Waals surface area (Å²) in [6, 6.07) is 16.5. The molecule has 3 aromatic rings. The van der Waals surface area contributed by atoms with Crippen LogP contribution in [0, 0.1) is 0 Å². The summed E-state index contributed by atoms with van der Waals surface area (Å²) in [5, 5.41) is 1.05. The highest BCUT2D eigenvalue weighted by molar-refractivity contribution is 8.16. The van der Waals surface area contributed by atoms with E-state index >= 15 is 0 Å². The minimum Gasteiger partial charge on any atom is -0.486 e. The van der Waals surface area contributed by atoms with Gasteiger partial charge in [0.1, 0.15) is 12.4 Å². The van der Waals surface area contributed by atoms with E-state index < -0.39 is 0 Å². The van der Waals surface area contributed by atoms with E-state index in [0.29, 0.717) is 17.0 Å². The fraction of sp³-hybridized carbons (Fsp3) is 0.364. The van der Waals surface area contributed by atoms with Crippen molar-refractivity contribution >= 4 is 34.4 Å². The largest absolute Gasteiger partial charge is 0.486 e. The average Bonchev–Trinajstić information content (AvgIpc) is 2.72. The molecule has 2 aromatic carbocycles. The fourth-order valence-corrected chi connectivity index (χ4v) is 5.21. The molecule has 0 saturated heterocycles. The quantitative estimate of drug-likeness (QED) is 0.364. The Morgan fingerprint density at radius 2 is 1.74 bits per heavy atom. The highest BCUT2D eigenvalue weighted by atomic mass is 32.2. The van der Waals surface area contributed by atoms with Gasteiger partial charge in [0.25, 0.3) is 0 Å². The molecule has 0 aliphatic heterocycles. The summed E-state index contributed by atoms with van der Waals surface area (Å²) in [5.74, 6) is 3.94. The Morgan fingerprint density at radius 1 is 0.963 bits per heavy atom. The van der Waals surface area contributed by atoms with Gasteiger partial charge in [-0.05, 0) is 48.1 Å². The lowest BCUT2D eigenvalue weighted by atomic mass is 10.2. The number of thioether (sulfide) groups is 2. The van der Waals surface area contributed by atoms with Gasteiger partial charge in [-0.1, -0.05) is 44.2 Å². The van der Waals surface area contributed by atoms with E-state index in [4.69, 9.17) is 4.74 Å². The number of aromatic nitrogens is 2. The number of nitrogens with zero attached hydrogens (tertiary/aromatic N) is 2. The zero-order chi connectivity index (χ0) is 18.9. The molecule has 0 N–H and O–H groups in total. The molecule has 0 amide bonds. The summed E-state index contributed by atoms with van der Waals surface area (Å²) >= 11 is 4.04. The molecule has 0 spiro atoms.